The molecule has 0 spiro atoms. The van der Waals surface area contributed by atoms with E-state index in [1.165, 1.54) is 63.5 Å². The fraction of sp³-hybridized carbons (Fsp3) is 0.900. The Morgan fingerprint density at radius 3 is 2.09 bits per heavy atom. The first-order valence-corrected chi connectivity index (χ1v) is 10.1. The highest BCUT2D eigenvalue weighted by Gasteiger charge is 2.52. The summed E-state index contributed by atoms with van der Waals surface area (Å²) in [5.74, 6) is 3.20. The highest BCUT2D eigenvalue weighted by molar-refractivity contribution is 5.91. The van der Waals surface area contributed by atoms with Crippen molar-refractivity contribution in [3.8, 4) is 0 Å². The Hall–Kier alpha value is -0.860. The third-order valence-electron chi connectivity index (χ3n) is 7.26. The lowest BCUT2D eigenvalue weighted by Gasteiger charge is -2.57. The molecule has 3 heteroatoms. The van der Waals surface area contributed by atoms with E-state index < -0.39 is 0 Å². The lowest BCUT2D eigenvalue weighted by atomic mass is 9.48. The standard InChI is InChI=1S/C20H32N2O/c1-2-18(21-22-19(23)17-6-4-3-5-7-17)20-11-14-8-15(12-20)10-16(9-14)13-20/h14-17H,2-13H2,1H3,(H,22,23)/b21-18+. The zero-order valence-electron chi connectivity index (χ0n) is 14.7. The predicted octanol–water partition coefficient (Wildman–Crippen LogP) is 4.67. The third-order valence-corrected chi connectivity index (χ3v) is 7.26. The molecule has 128 valence electrons. The summed E-state index contributed by atoms with van der Waals surface area (Å²) in [6.45, 7) is 2.23. The summed E-state index contributed by atoms with van der Waals surface area (Å²) >= 11 is 0. The van der Waals surface area contributed by atoms with Crippen LogP contribution in [-0.2, 0) is 4.79 Å². The van der Waals surface area contributed by atoms with Crippen LogP contribution in [0.4, 0.5) is 0 Å². The molecule has 0 heterocycles. The number of nitrogens with one attached hydrogen (secondary N) is 1. The second-order valence-electron chi connectivity index (χ2n) is 8.92. The van der Waals surface area contributed by atoms with Crippen LogP contribution in [0, 0.1) is 29.1 Å². The minimum Gasteiger partial charge on any atom is -0.273 e. The summed E-state index contributed by atoms with van der Waals surface area (Å²) in [5.41, 5.74) is 4.62. The van der Waals surface area contributed by atoms with Crippen molar-refractivity contribution in [1.82, 2.24) is 5.43 Å². The van der Waals surface area contributed by atoms with Gasteiger partial charge >= 0.3 is 0 Å². The van der Waals surface area contributed by atoms with Crippen LogP contribution in [-0.4, -0.2) is 11.6 Å². The lowest BCUT2D eigenvalue weighted by molar-refractivity contribution is -0.125. The van der Waals surface area contributed by atoms with E-state index in [-0.39, 0.29) is 11.8 Å². The molecule has 0 aliphatic heterocycles. The van der Waals surface area contributed by atoms with Gasteiger partial charge in [0.25, 0.3) is 0 Å². The molecular formula is C20H32N2O. The Morgan fingerprint density at radius 1 is 1.00 bits per heavy atom. The average Bonchev–Trinajstić information content (AvgIpc) is 2.54. The van der Waals surface area contributed by atoms with Gasteiger partial charge in [-0.2, -0.15) is 5.10 Å². The van der Waals surface area contributed by atoms with Gasteiger partial charge in [0, 0.05) is 17.0 Å². The Bertz CT molecular complexity index is 455. The maximum atomic E-state index is 12.4. The Kier molecular flexibility index (Phi) is 4.23. The molecule has 3 nitrogen and oxygen atoms in total. The van der Waals surface area contributed by atoms with Crippen molar-refractivity contribution in [2.45, 2.75) is 84.0 Å². The summed E-state index contributed by atoms with van der Waals surface area (Å²) in [6, 6.07) is 0. The van der Waals surface area contributed by atoms with E-state index in [1.54, 1.807) is 0 Å². The second kappa shape index (κ2) is 6.22. The number of carbonyl (C=O) groups is 1. The molecule has 5 aliphatic rings. The fourth-order valence-corrected chi connectivity index (χ4v) is 6.62. The van der Waals surface area contributed by atoms with Crippen molar-refractivity contribution in [3.63, 3.8) is 0 Å². The van der Waals surface area contributed by atoms with Gasteiger partial charge in [0.2, 0.25) is 5.91 Å². The second-order valence-corrected chi connectivity index (χ2v) is 8.92. The largest absolute Gasteiger partial charge is 0.273 e. The molecule has 0 unspecified atom stereocenters. The van der Waals surface area contributed by atoms with Crippen molar-refractivity contribution >= 4 is 11.6 Å². The molecule has 5 aliphatic carbocycles. The van der Waals surface area contributed by atoms with Gasteiger partial charge in [-0.1, -0.05) is 26.2 Å². The summed E-state index contributed by atoms with van der Waals surface area (Å²) in [4.78, 5) is 12.4. The van der Waals surface area contributed by atoms with Gasteiger partial charge in [-0.15, -0.1) is 0 Å². The zero-order valence-corrected chi connectivity index (χ0v) is 14.7. The monoisotopic (exact) mass is 316 g/mol. The summed E-state index contributed by atoms with van der Waals surface area (Å²) in [5, 5.41) is 4.72. The molecule has 5 rings (SSSR count). The van der Waals surface area contributed by atoms with Gasteiger partial charge in [0.05, 0.1) is 0 Å². The van der Waals surface area contributed by atoms with Gasteiger partial charge in [-0.3, -0.25) is 4.79 Å². The fourth-order valence-electron chi connectivity index (χ4n) is 6.62. The molecule has 0 aromatic carbocycles. The Labute approximate surface area is 140 Å². The number of hydrogen-bond acceptors (Lipinski definition) is 2. The minimum absolute atomic E-state index is 0.181. The highest BCUT2D eigenvalue weighted by Crippen LogP contribution is 2.60. The number of rotatable bonds is 4. The van der Waals surface area contributed by atoms with Crippen LogP contribution in [0.2, 0.25) is 0 Å². The van der Waals surface area contributed by atoms with Gasteiger partial charge in [0.1, 0.15) is 0 Å². The number of carbonyl (C=O) groups excluding carboxylic acids is 1. The van der Waals surface area contributed by atoms with E-state index in [9.17, 15) is 4.79 Å². The SMILES string of the molecule is CC/C(=N\NC(=O)C1CCCCC1)C12CC3CC(CC(C3)C1)C2. The molecule has 0 aromatic rings. The van der Waals surface area contributed by atoms with E-state index in [0.29, 0.717) is 5.41 Å². The van der Waals surface area contributed by atoms with Crippen molar-refractivity contribution in [3.05, 3.63) is 0 Å². The predicted molar refractivity (Wildman–Crippen MR) is 93.0 cm³/mol. The quantitative estimate of drug-likeness (QED) is 0.594. The van der Waals surface area contributed by atoms with Crippen LogP contribution in [0.25, 0.3) is 0 Å². The van der Waals surface area contributed by atoms with Crippen LogP contribution in [0.1, 0.15) is 84.0 Å². The normalized spacial score (nSPS) is 40.4. The molecule has 5 saturated carbocycles. The molecule has 0 atom stereocenters. The van der Waals surface area contributed by atoms with Crippen molar-refractivity contribution in [2.24, 2.45) is 34.2 Å². The average molecular weight is 316 g/mol. The van der Waals surface area contributed by atoms with Gasteiger partial charge < -0.3 is 0 Å². The smallest absolute Gasteiger partial charge is 0.243 e. The van der Waals surface area contributed by atoms with Crippen LogP contribution in [0.3, 0.4) is 0 Å². The molecule has 0 radical (unpaired) electrons. The number of nitrogens with zero attached hydrogens (tertiary/aromatic N) is 1. The first-order valence-electron chi connectivity index (χ1n) is 10.1. The van der Waals surface area contributed by atoms with Crippen LogP contribution < -0.4 is 5.43 Å². The third kappa shape index (κ3) is 2.96. The Morgan fingerprint density at radius 2 is 1.57 bits per heavy atom. The molecule has 4 bridgehead atoms. The first kappa shape index (κ1) is 15.7. The molecule has 1 N–H and O–H groups in total. The van der Waals surface area contributed by atoms with Gasteiger partial charge in [0.15, 0.2) is 0 Å². The van der Waals surface area contributed by atoms with Crippen LogP contribution in [0.5, 0.6) is 0 Å². The van der Waals surface area contributed by atoms with Crippen LogP contribution in [0.15, 0.2) is 5.10 Å². The number of hydrogen-bond donors (Lipinski definition) is 1. The highest BCUT2D eigenvalue weighted by atomic mass is 16.2. The maximum Gasteiger partial charge on any atom is 0.243 e. The molecular weight excluding hydrogens is 284 g/mol. The van der Waals surface area contributed by atoms with E-state index in [0.717, 1.165) is 37.0 Å². The maximum absolute atomic E-state index is 12.4. The van der Waals surface area contributed by atoms with Gasteiger partial charge in [-0.25, -0.2) is 5.43 Å². The molecule has 0 saturated heterocycles. The molecule has 5 fully saturated rings. The molecule has 1 amide bonds. The van der Waals surface area contributed by atoms with E-state index in [1.807, 2.05) is 0 Å². The van der Waals surface area contributed by atoms with Gasteiger partial charge in [-0.05, 0) is 75.5 Å². The van der Waals surface area contributed by atoms with Crippen molar-refractivity contribution < 1.29 is 4.79 Å². The summed E-state index contributed by atoms with van der Waals surface area (Å²) in [7, 11) is 0. The summed E-state index contributed by atoms with van der Waals surface area (Å²) in [6.07, 6.45) is 15.2. The number of amides is 1. The number of hydrazone groups is 1. The molecule has 0 aromatic heterocycles. The van der Waals surface area contributed by atoms with E-state index in [4.69, 9.17) is 5.10 Å². The summed E-state index contributed by atoms with van der Waals surface area (Å²) < 4.78 is 0. The van der Waals surface area contributed by atoms with E-state index in [2.05, 4.69) is 12.3 Å². The molecule has 23 heavy (non-hydrogen) atoms. The Balaban J connectivity index is 1.46. The first-order chi connectivity index (χ1) is 11.2. The van der Waals surface area contributed by atoms with Crippen molar-refractivity contribution in [2.75, 3.05) is 0 Å². The lowest BCUT2D eigenvalue weighted by Crippen LogP contribution is -2.50. The zero-order chi connectivity index (χ0) is 15.9. The minimum atomic E-state index is 0.181. The van der Waals surface area contributed by atoms with Crippen LogP contribution >= 0.6 is 0 Å². The topological polar surface area (TPSA) is 41.5 Å². The van der Waals surface area contributed by atoms with E-state index >= 15 is 0 Å². The van der Waals surface area contributed by atoms with Crippen molar-refractivity contribution in [1.29, 1.82) is 0 Å².